The maximum Gasteiger partial charge on any atom is 0.225 e. The lowest BCUT2D eigenvalue weighted by Crippen LogP contribution is -2.40. The van der Waals surface area contributed by atoms with Crippen molar-refractivity contribution in [1.29, 1.82) is 0 Å². The largest absolute Gasteiger partial charge is 0.494 e. The molecule has 3 N–H and O–H groups in total. The fourth-order valence-corrected chi connectivity index (χ4v) is 3.37. The van der Waals surface area contributed by atoms with Gasteiger partial charge in [0.1, 0.15) is 5.75 Å². The molecule has 1 aliphatic heterocycles. The van der Waals surface area contributed by atoms with Crippen LogP contribution in [-0.2, 0) is 11.3 Å². The minimum absolute atomic E-state index is 0.0568. The molecule has 1 unspecified atom stereocenters. The van der Waals surface area contributed by atoms with Crippen molar-refractivity contribution in [3.63, 3.8) is 0 Å². The van der Waals surface area contributed by atoms with Crippen LogP contribution in [0.1, 0.15) is 43.7 Å². The molecule has 2 aromatic carbocycles. The summed E-state index contributed by atoms with van der Waals surface area (Å²) in [5.74, 6) is 1.80. The molecule has 0 aromatic heterocycles. The quantitative estimate of drug-likeness (QED) is 0.472. The first-order valence-electron chi connectivity index (χ1n) is 10.3. The maximum atomic E-state index is 12.0. The molecule has 0 saturated heterocycles. The first-order valence-corrected chi connectivity index (χ1v) is 10.3. The molecule has 3 rings (SSSR count). The van der Waals surface area contributed by atoms with Crippen molar-refractivity contribution in [3.05, 3.63) is 59.7 Å². The number of fused-ring (bicyclic) bond motifs is 1. The fourth-order valence-electron chi connectivity index (χ4n) is 3.37. The average molecular weight is 395 g/mol. The molecule has 0 fully saturated rings. The van der Waals surface area contributed by atoms with Crippen molar-refractivity contribution < 1.29 is 9.53 Å². The smallest absolute Gasteiger partial charge is 0.225 e. The summed E-state index contributed by atoms with van der Waals surface area (Å²) >= 11 is 0. The maximum absolute atomic E-state index is 12.0. The number of para-hydroxylation sites is 1. The summed E-state index contributed by atoms with van der Waals surface area (Å²) in [7, 11) is 0. The molecular weight excluding hydrogens is 364 g/mol. The molecule has 0 aliphatic carbocycles. The summed E-state index contributed by atoms with van der Waals surface area (Å²) < 4.78 is 5.70. The van der Waals surface area contributed by atoms with E-state index in [9.17, 15) is 4.79 Å². The van der Waals surface area contributed by atoms with E-state index in [2.05, 4.69) is 28.9 Å². The van der Waals surface area contributed by atoms with Crippen LogP contribution in [0.3, 0.4) is 0 Å². The van der Waals surface area contributed by atoms with Crippen LogP contribution in [0.5, 0.6) is 5.75 Å². The molecular formula is C23H30N4O2. The number of rotatable bonds is 8. The van der Waals surface area contributed by atoms with Gasteiger partial charge in [-0.25, -0.2) is 4.99 Å². The summed E-state index contributed by atoms with van der Waals surface area (Å²) in [6, 6.07) is 16.0. The zero-order chi connectivity index (χ0) is 20.5. The monoisotopic (exact) mass is 394 g/mol. The fraction of sp³-hybridized carbons (Fsp3) is 0.391. The zero-order valence-electron chi connectivity index (χ0n) is 17.2. The van der Waals surface area contributed by atoms with Crippen LogP contribution in [0, 0.1) is 0 Å². The molecule has 2 aromatic rings. The summed E-state index contributed by atoms with van der Waals surface area (Å²) in [6.07, 6.45) is 1.46. The van der Waals surface area contributed by atoms with Crippen molar-refractivity contribution in [2.75, 3.05) is 25.0 Å². The van der Waals surface area contributed by atoms with Crippen molar-refractivity contribution in [2.24, 2.45) is 4.99 Å². The number of benzene rings is 2. The van der Waals surface area contributed by atoms with Crippen LogP contribution < -0.4 is 20.7 Å². The lowest BCUT2D eigenvalue weighted by atomic mass is 9.90. The minimum atomic E-state index is 0.0568. The van der Waals surface area contributed by atoms with Gasteiger partial charge in [-0.05, 0) is 42.7 Å². The van der Waals surface area contributed by atoms with E-state index in [-0.39, 0.29) is 11.8 Å². The first kappa shape index (κ1) is 20.7. The molecule has 1 amide bonds. The Morgan fingerprint density at radius 2 is 2.03 bits per heavy atom. The van der Waals surface area contributed by atoms with Gasteiger partial charge in [0, 0.05) is 31.1 Å². The van der Waals surface area contributed by atoms with Gasteiger partial charge in [0.25, 0.3) is 0 Å². The average Bonchev–Trinajstić information content (AvgIpc) is 2.74. The molecule has 0 saturated carbocycles. The Kier molecular flexibility index (Phi) is 7.50. The van der Waals surface area contributed by atoms with Crippen molar-refractivity contribution >= 4 is 17.6 Å². The van der Waals surface area contributed by atoms with Gasteiger partial charge in [0.2, 0.25) is 5.91 Å². The van der Waals surface area contributed by atoms with E-state index in [1.807, 2.05) is 49.4 Å². The van der Waals surface area contributed by atoms with Gasteiger partial charge < -0.3 is 20.7 Å². The van der Waals surface area contributed by atoms with E-state index in [4.69, 9.17) is 9.73 Å². The number of nitrogens with zero attached hydrogens (tertiary/aromatic N) is 1. The highest BCUT2D eigenvalue weighted by molar-refractivity contribution is 5.94. The van der Waals surface area contributed by atoms with Gasteiger partial charge in [0.05, 0.1) is 13.2 Å². The summed E-state index contributed by atoms with van der Waals surface area (Å²) in [5, 5.41) is 9.63. The van der Waals surface area contributed by atoms with Crippen molar-refractivity contribution in [1.82, 2.24) is 10.6 Å². The standard InChI is InChI=1S/C23H30N4O2/c1-3-12-29-19-9-7-8-17(13-19)15-25-23(24-4-2)26-16-18-14-22(28)27-21-11-6-5-10-20(18)21/h5-11,13,18H,3-4,12,14-16H2,1-2H3,(H,27,28)(H2,24,25,26). The van der Waals surface area contributed by atoms with Gasteiger partial charge in [-0.1, -0.05) is 37.3 Å². The Balaban J connectivity index is 1.64. The summed E-state index contributed by atoms with van der Waals surface area (Å²) in [5.41, 5.74) is 3.16. The highest BCUT2D eigenvalue weighted by atomic mass is 16.5. The number of hydrogen-bond acceptors (Lipinski definition) is 3. The van der Waals surface area contributed by atoms with Crippen molar-refractivity contribution in [2.45, 2.75) is 39.2 Å². The Morgan fingerprint density at radius 1 is 1.17 bits per heavy atom. The van der Waals surface area contributed by atoms with E-state index >= 15 is 0 Å². The zero-order valence-corrected chi connectivity index (χ0v) is 17.2. The molecule has 29 heavy (non-hydrogen) atoms. The summed E-state index contributed by atoms with van der Waals surface area (Å²) in [4.78, 5) is 16.7. The van der Waals surface area contributed by atoms with Crippen LogP contribution >= 0.6 is 0 Å². The van der Waals surface area contributed by atoms with Crippen LogP contribution in [0.2, 0.25) is 0 Å². The van der Waals surface area contributed by atoms with Crippen LogP contribution in [0.4, 0.5) is 5.69 Å². The molecule has 1 aliphatic rings. The van der Waals surface area contributed by atoms with Crippen molar-refractivity contribution in [3.8, 4) is 5.75 Å². The van der Waals surface area contributed by atoms with Gasteiger partial charge in [-0.2, -0.15) is 0 Å². The number of nitrogens with one attached hydrogen (secondary N) is 3. The van der Waals surface area contributed by atoms with Gasteiger partial charge >= 0.3 is 0 Å². The molecule has 6 heteroatoms. The number of aliphatic imine (C=N–C) groups is 1. The Bertz CT molecular complexity index is 850. The predicted octanol–water partition coefficient (Wildman–Crippen LogP) is 3.66. The highest BCUT2D eigenvalue weighted by Crippen LogP contribution is 2.31. The molecule has 0 bridgehead atoms. The van der Waals surface area contributed by atoms with Crippen LogP contribution in [-0.4, -0.2) is 31.6 Å². The minimum Gasteiger partial charge on any atom is -0.494 e. The normalized spacial score (nSPS) is 16.0. The molecule has 0 spiro atoms. The number of carbonyl (C=O) groups excluding carboxylic acids is 1. The van der Waals surface area contributed by atoms with E-state index < -0.39 is 0 Å². The first-order chi connectivity index (χ1) is 14.2. The third kappa shape index (κ3) is 5.98. The number of amides is 1. The SMILES string of the molecule is CCCOc1cccc(CN=C(NCC)NCC2CC(=O)Nc3ccccc32)c1. The van der Waals surface area contributed by atoms with Gasteiger partial charge in [0.15, 0.2) is 5.96 Å². The molecule has 1 heterocycles. The van der Waals surface area contributed by atoms with E-state index in [0.29, 0.717) is 26.1 Å². The van der Waals surface area contributed by atoms with E-state index in [1.165, 1.54) is 0 Å². The molecule has 154 valence electrons. The van der Waals surface area contributed by atoms with E-state index in [0.717, 1.165) is 41.5 Å². The number of carbonyl (C=O) groups is 1. The van der Waals surface area contributed by atoms with Gasteiger partial charge in [-0.15, -0.1) is 0 Å². The topological polar surface area (TPSA) is 74.8 Å². The molecule has 0 radical (unpaired) electrons. The Morgan fingerprint density at radius 3 is 2.86 bits per heavy atom. The lowest BCUT2D eigenvalue weighted by molar-refractivity contribution is -0.116. The lowest BCUT2D eigenvalue weighted by Gasteiger charge is -2.26. The van der Waals surface area contributed by atoms with Crippen LogP contribution in [0.15, 0.2) is 53.5 Å². The number of hydrogen-bond donors (Lipinski definition) is 3. The Labute approximate surface area is 172 Å². The third-order valence-electron chi connectivity index (χ3n) is 4.76. The Hall–Kier alpha value is -3.02. The van der Waals surface area contributed by atoms with E-state index in [1.54, 1.807) is 0 Å². The molecule has 1 atom stereocenters. The predicted molar refractivity (Wildman–Crippen MR) is 117 cm³/mol. The van der Waals surface area contributed by atoms with Crippen LogP contribution in [0.25, 0.3) is 0 Å². The number of guanidine groups is 1. The summed E-state index contributed by atoms with van der Waals surface area (Å²) in [6.45, 7) is 6.83. The third-order valence-corrected chi connectivity index (χ3v) is 4.76. The highest BCUT2D eigenvalue weighted by Gasteiger charge is 2.24. The molecule has 6 nitrogen and oxygen atoms in total. The number of ether oxygens (including phenoxy) is 1. The second-order valence-corrected chi connectivity index (χ2v) is 7.11. The number of anilines is 1. The second-order valence-electron chi connectivity index (χ2n) is 7.11. The van der Waals surface area contributed by atoms with Gasteiger partial charge in [-0.3, -0.25) is 4.79 Å². The second kappa shape index (κ2) is 10.5.